The number of aliphatic carboxylic acids is 2. The van der Waals surface area contributed by atoms with Gasteiger partial charge >= 0.3 is 17.9 Å². The first-order chi connectivity index (χ1) is 13.4. The predicted octanol–water partition coefficient (Wildman–Crippen LogP) is 3.81. The van der Waals surface area contributed by atoms with Crippen molar-refractivity contribution in [3.63, 3.8) is 0 Å². The van der Waals surface area contributed by atoms with Crippen LogP contribution in [0.3, 0.4) is 0 Å². The average Bonchev–Trinajstić information content (AvgIpc) is 2.68. The van der Waals surface area contributed by atoms with E-state index in [0.717, 1.165) is 44.9 Å². The fourth-order valence-corrected chi connectivity index (χ4v) is 3.89. The molecular formula is C21H34O7. The summed E-state index contributed by atoms with van der Waals surface area (Å²) in [5, 5.41) is 19.3. The first-order valence-electron chi connectivity index (χ1n) is 10.3. The van der Waals surface area contributed by atoms with E-state index in [1.54, 1.807) is 0 Å². The molecule has 0 aliphatic heterocycles. The number of unbranched alkanes of at least 4 members (excludes halogenated alkanes) is 3. The Bertz CT molecular complexity index is 537. The summed E-state index contributed by atoms with van der Waals surface area (Å²) in [7, 11) is 0. The summed E-state index contributed by atoms with van der Waals surface area (Å²) in [6, 6.07) is 0. The highest BCUT2D eigenvalue weighted by Crippen LogP contribution is 2.46. The van der Waals surface area contributed by atoms with Gasteiger partial charge in [0.05, 0.1) is 13.0 Å². The van der Waals surface area contributed by atoms with Gasteiger partial charge in [0.25, 0.3) is 0 Å². The molecule has 1 aliphatic rings. The topological polar surface area (TPSA) is 110 Å². The zero-order valence-corrected chi connectivity index (χ0v) is 16.9. The Hall–Kier alpha value is -1.89. The van der Waals surface area contributed by atoms with Crippen LogP contribution in [0.15, 0.2) is 12.2 Å². The van der Waals surface area contributed by atoms with Crippen LogP contribution in [-0.4, -0.2) is 47.9 Å². The lowest BCUT2D eigenvalue weighted by molar-refractivity contribution is -0.162. The Labute approximate surface area is 167 Å². The number of carboxylic acids is 2. The second-order valence-corrected chi connectivity index (χ2v) is 7.47. The van der Waals surface area contributed by atoms with Crippen LogP contribution in [0.25, 0.3) is 0 Å². The highest BCUT2D eigenvalue weighted by atomic mass is 16.6. The fraction of sp³-hybridized carbons (Fsp3) is 0.762. The molecule has 0 saturated heterocycles. The maximum Gasteiger partial charge on any atom is 0.332 e. The molecular weight excluding hydrogens is 364 g/mol. The Morgan fingerprint density at radius 2 is 1.68 bits per heavy atom. The van der Waals surface area contributed by atoms with Gasteiger partial charge in [-0.3, -0.25) is 9.59 Å². The summed E-state index contributed by atoms with van der Waals surface area (Å²) in [5.74, 6) is -3.89. The Morgan fingerprint density at radius 3 is 2.25 bits per heavy atom. The van der Waals surface area contributed by atoms with Gasteiger partial charge in [-0.1, -0.05) is 52.0 Å². The van der Waals surface area contributed by atoms with Crippen LogP contribution >= 0.6 is 0 Å². The van der Waals surface area contributed by atoms with Crippen LogP contribution in [0, 0.1) is 11.3 Å². The molecule has 1 unspecified atom stereocenters. The second-order valence-electron chi connectivity index (χ2n) is 7.47. The van der Waals surface area contributed by atoms with E-state index in [4.69, 9.17) is 9.47 Å². The maximum atomic E-state index is 12.3. The zero-order chi connectivity index (χ0) is 21.0. The highest BCUT2D eigenvalue weighted by molar-refractivity contribution is 5.98. The molecule has 7 nitrogen and oxygen atoms in total. The molecule has 0 bridgehead atoms. The quantitative estimate of drug-likeness (QED) is 0.260. The lowest BCUT2D eigenvalue weighted by atomic mass is 9.63. The van der Waals surface area contributed by atoms with E-state index >= 15 is 0 Å². The predicted molar refractivity (Wildman–Crippen MR) is 104 cm³/mol. The van der Waals surface area contributed by atoms with Gasteiger partial charge in [0.1, 0.15) is 12.0 Å². The van der Waals surface area contributed by atoms with Crippen molar-refractivity contribution in [1.29, 1.82) is 0 Å². The van der Waals surface area contributed by atoms with E-state index in [1.807, 2.05) is 0 Å². The summed E-state index contributed by atoms with van der Waals surface area (Å²) in [4.78, 5) is 36.0. The Kier molecular flexibility index (Phi) is 10.8. The molecule has 0 aromatic heterocycles. The van der Waals surface area contributed by atoms with Crippen molar-refractivity contribution in [2.75, 3.05) is 19.8 Å². The third-order valence-corrected chi connectivity index (χ3v) is 5.54. The summed E-state index contributed by atoms with van der Waals surface area (Å²) in [6.45, 7) is 6.49. The van der Waals surface area contributed by atoms with Gasteiger partial charge in [-0.25, -0.2) is 4.79 Å². The van der Waals surface area contributed by atoms with Gasteiger partial charge < -0.3 is 19.7 Å². The zero-order valence-electron chi connectivity index (χ0n) is 16.9. The highest BCUT2D eigenvalue weighted by Gasteiger charge is 2.52. The number of hydrogen-bond acceptors (Lipinski definition) is 5. The number of ether oxygens (including phenoxy) is 2. The van der Waals surface area contributed by atoms with E-state index in [2.05, 4.69) is 13.5 Å². The molecule has 1 aliphatic carbocycles. The molecule has 0 amide bonds. The molecule has 7 heteroatoms. The van der Waals surface area contributed by atoms with Gasteiger partial charge in [0.15, 0.2) is 0 Å². The summed E-state index contributed by atoms with van der Waals surface area (Å²) < 4.78 is 10.5. The number of hydrogen-bond donors (Lipinski definition) is 2. The maximum absolute atomic E-state index is 12.3. The third-order valence-electron chi connectivity index (χ3n) is 5.54. The van der Waals surface area contributed by atoms with E-state index in [0.29, 0.717) is 19.4 Å². The smallest absolute Gasteiger partial charge is 0.332 e. The lowest BCUT2D eigenvalue weighted by Gasteiger charge is -2.38. The third kappa shape index (κ3) is 6.93. The molecule has 1 fully saturated rings. The lowest BCUT2D eigenvalue weighted by Crippen LogP contribution is -2.45. The minimum atomic E-state index is -1.83. The molecule has 1 rings (SSSR count). The van der Waals surface area contributed by atoms with Crippen molar-refractivity contribution < 1.29 is 34.1 Å². The SMILES string of the molecule is C=C(C(=O)O)C(CC(=O)OCCOCCCCCC)(C(=O)O)C1CCCCC1. The number of esters is 1. The number of carbonyl (C=O) groups excluding carboxylic acids is 1. The molecule has 0 spiro atoms. The normalized spacial score (nSPS) is 16.9. The van der Waals surface area contributed by atoms with Crippen LogP contribution in [0.5, 0.6) is 0 Å². The van der Waals surface area contributed by atoms with Gasteiger partial charge in [0, 0.05) is 12.2 Å². The minimum Gasteiger partial charge on any atom is -0.481 e. The monoisotopic (exact) mass is 398 g/mol. The van der Waals surface area contributed by atoms with Gasteiger partial charge in [-0.05, 0) is 25.2 Å². The van der Waals surface area contributed by atoms with Crippen molar-refractivity contribution in [1.82, 2.24) is 0 Å². The molecule has 0 aromatic carbocycles. The van der Waals surface area contributed by atoms with Crippen molar-refractivity contribution in [3.8, 4) is 0 Å². The largest absolute Gasteiger partial charge is 0.481 e. The summed E-state index contributed by atoms with van der Waals surface area (Å²) in [6.07, 6.45) is 7.55. The van der Waals surface area contributed by atoms with E-state index < -0.39 is 41.2 Å². The van der Waals surface area contributed by atoms with E-state index in [9.17, 15) is 24.6 Å². The van der Waals surface area contributed by atoms with Crippen LogP contribution in [-0.2, 0) is 23.9 Å². The Balaban J connectivity index is 2.65. The first kappa shape index (κ1) is 24.1. The van der Waals surface area contributed by atoms with Crippen molar-refractivity contribution >= 4 is 17.9 Å². The summed E-state index contributed by atoms with van der Waals surface area (Å²) >= 11 is 0. The van der Waals surface area contributed by atoms with Crippen LogP contribution in [0.4, 0.5) is 0 Å². The van der Waals surface area contributed by atoms with Gasteiger partial charge in [-0.15, -0.1) is 0 Å². The Morgan fingerprint density at radius 1 is 1.00 bits per heavy atom. The average molecular weight is 398 g/mol. The standard InChI is InChI=1S/C21H34O7/c1-3-4-5-9-12-27-13-14-28-18(22)15-21(20(25)26,16(2)19(23)24)17-10-7-6-8-11-17/h17H,2-15H2,1H3,(H,23,24)(H,25,26). The van der Waals surface area contributed by atoms with Gasteiger partial charge in [0.2, 0.25) is 0 Å². The number of rotatable bonds is 14. The molecule has 28 heavy (non-hydrogen) atoms. The minimum absolute atomic E-state index is 0.0204. The second kappa shape index (κ2) is 12.5. The molecule has 2 N–H and O–H groups in total. The fourth-order valence-electron chi connectivity index (χ4n) is 3.89. The van der Waals surface area contributed by atoms with Crippen LogP contribution in [0.2, 0.25) is 0 Å². The number of carboxylic acid groups (broad SMARTS) is 2. The number of carbonyl (C=O) groups is 3. The molecule has 1 atom stereocenters. The molecule has 0 radical (unpaired) electrons. The summed E-state index contributed by atoms with van der Waals surface area (Å²) in [5.41, 5.74) is -2.28. The molecule has 0 aromatic rings. The molecule has 0 heterocycles. The van der Waals surface area contributed by atoms with E-state index in [-0.39, 0.29) is 13.2 Å². The van der Waals surface area contributed by atoms with Crippen molar-refractivity contribution in [2.24, 2.45) is 11.3 Å². The molecule has 160 valence electrons. The first-order valence-corrected chi connectivity index (χ1v) is 10.3. The van der Waals surface area contributed by atoms with Crippen molar-refractivity contribution in [2.45, 2.75) is 71.1 Å². The van der Waals surface area contributed by atoms with E-state index in [1.165, 1.54) is 0 Å². The molecule has 1 saturated carbocycles. The van der Waals surface area contributed by atoms with Crippen molar-refractivity contribution in [3.05, 3.63) is 12.2 Å². The van der Waals surface area contributed by atoms with Crippen LogP contribution < -0.4 is 0 Å². The van der Waals surface area contributed by atoms with Gasteiger partial charge in [-0.2, -0.15) is 0 Å². The van der Waals surface area contributed by atoms with Crippen LogP contribution in [0.1, 0.15) is 71.1 Å².